The van der Waals surface area contributed by atoms with Gasteiger partial charge in [-0.15, -0.1) is 0 Å². The fraction of sp³-hybridized carbons (Fsp3) is 0.312. The molecule has 1 aromatic carbocycles. The van der Waals surface area contributed by atoms with Gasteiger partial charge >= 0.3 is 0 Å². The lowest BCUT2D eigenvalue weighted by Crippen LogP contribution is -2.14. The van der Waals surface area contributed by atoms with E-state index in [1.807, 2.05) is 24.3 Å². The van der Waals surface area contributed by atoms with Gasteiger partial charge in [0.2, 0.25) is 5.78 Å². The van der Waals surface area contributed by atoms with Gasteiger partial charge in [-0.1, -0.05) is 15.9 Å². The Morgan fingerprint density at radius 3 is 2.75 bits per heavy atom. The van der Waals surface area contributed by atoms with E-state index in [1.54, 1.807) is 12.3 Å². The summed E-state index contributed by atoms with van der Waals surface area (Å²) in [6, 6.07) is 9.22. The highest BCUT2D eigenvalue weighted by molar-refractivity contribution is 9.10. The van der Waals surface area contributed by atoms with Gasteiger partial charge in [-0.2, -0.15) is 0 Å². The quantitative estimate of drug-likeness (QED) is 0.846. The molecule has 20 heavy (non-hydrogen) atoms. The van der Waals surface area contributed by atoms with Crippen molar-refractivity contribution in [2.75, 3.05) is 0 Å². The van der Waals surface area contributed by atoms with Crippen LogP contribution in [0.5, 0.6) is 5.75 Å². The molecule has 0 spiro atoms. The number of carbonyl (C=O) groups excluding carboxylic acids is 1. The lowest BCUT2D eigenvalue weighted by Gasteiger charge is -2.16. The summed E-state index contributed by atoms with van der Waals surface area (Å²) in [5, 5.41) is 0. The number of benzene rings is 1. The zero-order valence-corrected chi connectivity index (χ0v) is 12.7. The Hall–Kier alpha value is -1.55. The van der Waals surface area contributed by atoms with Crippen LogP contribution in [0.4, 0.5) is 0 Å². The first-order chi connectivity index (χ1) is 9.74. The van der Waals surface area contributed by atoms with E-state index in [4.69, 9.17) is 4.74 Å². The SMILES string of the molecule is O=C(c1ccc[nH]1)c1cc(Br)ccc1OC1CCCC1. The number of halogens is 1. The number of carbonyl (C=O) groups is 1. The van der Waals surface area contributed by atoms with Crippen LogP contribution in [0, 0.1) is 0 Å². The van der Waals surface area contributed by atoms with Gasteiger partial charge in [0.1, 0.15) is 5.75 Å². The number of aromatic amines is 1. The zero-order valence-electron chi connectivity index (χ0n) is 11.1. The summed E-state index contributed by atoms with van der Waals surface area (Å²) in [4.78, 5) is 15.5. The summed E-state index contributed by atoms with van der Waals surface area (Å²) in [6.45, 7) is 0. The van der Waals surface area contributed by atoms with Crippen LogP contribution in [0.25, 0.3) is 0 Å². The molecule has 0 aliphatic heterocycles. The molecule has 1 heterocycles. The van der Waals surface area contributed by atoms with Crippen LogP contribution in [0.1, 0.15) is 41.7 Å². The second-order valence-electron chi connectivity index (χ2n) is 5.08. The molecule has 0 radical (unpaired) electrons. The van der Waals surface area contributed by atoms with Crippen molar-refractivity contribution in [3.63, 3.8) is 0 Å². The molecule has 1 fully saturated rings. The Morgan fingerprint density at radius 1 is 1.25 bits per heavy atom. The van der Waals surface area contributed by atoms with E-state index >= 15 is 0 Å². The fourth-order valence-electron chi connectivity index (χ4n) is 2.58. The molecule has 1 N–H and O–H groups in total. The summed E-state index contributed by atoms with van der Waals surface area (Å²) < 4.78 is 6.91. The Labute approximate surface area is 126 Å². The number of nitrogens with one attached hydrogen (secondary N) is 1. The molecule has 1 aliphatic carbocycles. The minimum absolute atomic E-state index is 0.0377. The highest BCUT2D eigenvalue weighted by atomic mass is 79.9. The van der Waals surface area contributed by atoms with E-state index in [0.29, 0.717) is 17.0 Å². The molecule has 0 bridgehead atoms. The molecule has 0 saturated heterocycles. The van der Waals surface area contributed by atoms with E-state index in [2.05, 4.69) is 20.9 Å². The maximum atomic E-state index is 12.5. The van der Waals surface area contributed by atoms with E-state index in [0.717, 1.165) is 17.3 Å². The molecular weight excluding hydrogens is 318 g/mol. The van der Waals surface area contributed by atoms with Crippen LogP contribution >= 0.6 is 15.9 Å². The Balaban J connectivity index is 1.91. The summed E-state index contributed by atoms with van der Waals surface area (Å²) in [5.74, 6) is 0.643. The van der Waals surface area contributed by atoms with Gasteiger partial charge in [-0.25, -0.2) is 0 Å². The fourth-order valence-corrected chi connectivity index (χ4v) is 2.95. The maximum absolute atomic E-state index is 12.5. The lowest BCUT2D eigenvalue weighted by atomic mass is 10.1. The first-order valence-corrected chi connectivity index (χ1v) is 7.67. The molecule has 104 valence electrons. The van der Waals surface area contributed by atoms with Crippen molar-refractivity contribution in [3.05, 3.63) is 52.3 Å². The third-order valence-corrected chi connectivity index (χ3v) is 4.12. The van der Waals surface area contributed by atoms with Crippen LogP contribution in [-0.2, 0) is 0 Å². The third-order valence-electron chi connectivity index (χ3n) is 3.62. The average Bonchev–Trinajstić information content (AvgIpc) is 3.12. The Bertz CT molecular complexity index is 601. The van der Waals surface area contributed by atoms with Gasteiger partial charge < -0.3 is 9.72 Å². The molecule has 3 rings (SSSR count). The number of rotatable bonds is 4. The summed E-state index contributed by atoms with van der Waals surface area (Å²) in [6.07, 6.45) is 6.56. The second kappa shape index (κ2) is 5.83. The highest BCUT2D eigenvalue weighted by Gasteiger charge is 2.21. The number of aromatic nitrogens is 1. The Kier molecular flexibility index (Phi) is 3.92. The highest BCUT2D eigenvalue weighted by Crippen LogP contribution is 2.30. The van der Waals surface area contributed by atoms with Crippen LogP contribution in [0.3, 0.4) is 0 Å². The summed E-state index contributed by atoms with van der Waals surface area (Å²) in [5.41, 5.74) is 1.19. The van der Waals surface area contributed by atoms with E-state index < -0.39 is 0 Å². The third kappa shape index (κ3) is 2.80. The average molecular weight is 334 g/mol. The smallest absolute Gasteiger partial charge is 0.212 e. The number of H-pyrrole nitrogens is 1. The first kappa shape index (κ1) is 13.4. The number of hydrogen-bond acceptors (Lipinski definition) is 2. The van der Waals surface area contributed by atoms with Crippen molar-refractivity contribution < 1.29 is 9.53 Å². The van der Waals surface area contributed by atoms with Gasteiger partial charge in [0.05, 0.1) is 17.4 Å². The lowest BCUT2D eigenvalue weighted by molar-refractivity contribution is 0.102. The minimum atomic E-state index is -0.0377. The van der Waals surface area contributed by atoms with Crippen LogP contribution in [-0.4, -0.2) is 16.9 Å². The van der Waals surface area contributed by atoms with E-state index in [1.165, 1.54) is 12.8 Å². The monoisotopic (exact) mass is 333 g/mol. The van der Waals surface area contributed by atoms with Crippen LogP contribution < -0.4 is 4.74 Å². The predicted octanol–water partition coefficient (Wildman–Crippen LogP) is 4.33. The van der Waals surface area contributed by atoms with Crippen molar-refractivity contribution in [2.24, 2.45) is 0 Å². The molecule has 4 heteroatoms. The van der Waals surface area contributed by atoms with Gasteiger partial charge in [0.25, 0.3) is 0 Å². The van der Waals surface area contributed by atoms with Crippen molar-refractivity contribution in [2.45, 2.75) is 31.8 Å². The minimum Gasteiger partial charge on any atom is -0.490 e. The number of ether oxygens (including phenoxy) is 1. The van der Waals surface area contributed by atoms with Gasteiger partial charge in [0.15, 0.2) is 0 Å². The number of hydrogen-bond donors (Lipinski definition) is 1. The van der Waals surface area contributed by atoms with Crippen molar-refractivity contribution in [3.8, 4) is 5.75 Å². The summed E-state index contributed by atoms with van der Waals surface area (Å²) >= 11 is 3.42. The second-order valence-corrected chi connectivity index (χ2v) is 5.99. The molecule has 1 aliphatic rings. The van der Waals surface area contributed by atoms with Gasteiger partial charge in [0, 0.05) is 10.7 Å². The molecule has 0 unspecified atom stereocenters. The zero-order chi connectivity index (χ0) is 13.9. The largest absolute Gasteiger partial charge is 0.490 e. The molecule has 1 saturated carbocycles. The van der Waals surface area contributed by atoms with E-state index in [9.17, 15) is 4.79 Å². The summed E-state index contributed by atoms with van der Waals surface area (Å²) in [7, 11) is 0. The molecule has 2 aromatic rings. The maximum Gasteiger partial charge on any atom is 0.212 e. The van der Waals surface area contributed by atoms with Gasteiger partial charge in [-0.3, -0.25) is 4.79 Å². The predicted molar refractivity (Wildman–Crippen MR) is 81.3 cm³/mol. The molecule has 0 amide bonds. The standard InChI is InChI=1S/C16H16BrNO2/c17-11-7-8-15(20-12-4-1-2-5-12)13(10-11)16(19)14-6-3-9-18-14/h3,6-10,12,18H,1-2,4-5H2. The topological polar surface area (TPSA) is 42.1 Å². The van der Waals surface area contributed by atoms with Crippen molar-refractivity contribution in [1.29, 1.82) is 0 Å². The number of ketones is 1. The molecule has 3 nitrogen and oxygen atoms in total. The molecule has 1 aromatic heterocycles. The van der Waals surface area contributed by atoms with Crippen LogP contribution in [0.15, 0.2) is 41.0 Å². The Morgan fingerprint density at radius 2 is 2.05 bits per heavy atom. The molecule has 0 atom stereocenters. The normalized spacial score (nSPS) is 15.4. The van der Waals surface area contributed by atoms with Crippen molar-refractivity contribution in [1.82, 2.24) is 4.98 Å². The van der Waals surface area contributed by atoms with E-state index in [-0.39, 0.29) is 11.9 Å². The van der Waals surface area contributed by atoms with Crippen molar-refractivity contribution >= 4 is 21.7 Å². The van der Waals surface area contributed by atoms with Crippen LogP contribution in [0.2, 0.25) is 0 Å². The molecular formula is C16H16BrNO2. The first-order valence-electron chi connectivity index (χ1n) is 6.88. The van der Waals surface area contributed by atoms with Gasteiger partial charge in [-0.05, 0) is 56.0 Å².